The van der Waals surface area contributed by atoms with Crippen LogP contribution in [0.5, 0.6) is 0 Å². The second kappa shape index (κ2) is 6.02. The van der Waals surface area contributed by atoms with Crippen LogP contribution < -0.4 is 0 Å². The molecule has 28 heavy (non-hydrogen) atoms. The van der Waals surface area contributed by atoms with Crippen molar-refractivity contribution in [3.63, 3.8) is 0 Å². The molecule has 0 aliphatic heterocycles. The van der Waals surface area contributed by atoms with Crippen LogP contribution in [0.4, 0.5) is 5.69 Å². The Morgan fingerprint density at radius 1 is 1.29 bits per heavy atom. The molecule has 11 heteroatoms. The molecule has 0 unspecified atom stereocenters. The van der Waals surface area contributed by atoms with Crippen LogP contribution in [0.3, 0.4) is 0 Å². The predicted molar refractivity (Wildman–Crippen MR) is 104 cm³/mol. The van der Waals surface area contributed by atoms with Crippen molar-refractivity contribution >= 4 is 43.1 Å². The maximum Gasteiger partial charge on any atom is 0.306 e. The predicted octanol–water partition coefficient (Wildman–Crippen LogP) is 2.85. The molecular weight excluding hydrogens is 380 g/mol. The monoisotopic (exact) mass is 394 g/mol. The highest BCUT2D eigenvalue weighted by atomic mass is 32.1. The largest absolute Gasteiger partial charge is 0.306 e. The first kappa shape index (κ1) is 16.7. The molecule has 0 aromatic carbocycles. The molecule has 0 aliphatic rings. The first-order valence-corrected chi connectivity index (χ1v) is 9.39. The number of thiophene rings is 1. The van der Waals surface area contributed by atoms with Crippen LogP contribution in [0, 0.1) is 24.0 Å². The van der Waals surface area contributed by atoms with Gasteiger partial charge in [0.1, 0.15) is 28.3 Å². The molecule has 0 bridgehead atoms. The number of nitrogens with zero attached hydrogens (tertiary/aromatic N) is 8. The lowest BCUT2D eigenvalue weighted by molar-refractivity contribution is -0.385. The summed E-state index contributed by atoms with van der Waals surface area (Å²) in [7, 11) is 0. The molecule has 0 aliphatic carbocycles. The molecule has 0 saturated carbocycles. The lowest BCUT2D eigenvalue weighted by Crippen LogP contribution is -2.03. The van der Waals surface area contributed by atoms with E-state index in [2.05, 4.69) is 38.1 Å². The maximum absolute atomic E-state index is 10.8. The molecule has 5 rings (SSSR count). The van der Waals surface area contributed by atoms with Crippen LogP contribution in [0.15, 0.2) is 24.8 Å². The van der Waals surface area contributed by atoms with E-state index in [1.165, 1.54) is 17.1 Å². The van der Waals surface area contributed by atoms with Crippen LogP contribution in [0.2, 0.25) is 0 Å². The van der Waals surface area contributed by atoms with Gasteiger partial charge in [0.25, 0.3) is 0 Å². The van der Waals surface area contributed by atoms with Crippen molar-refractivity contribution in [2.75, 3.05) is 0 Å². The Hall–Kier alpha value is -3.47. The summed E-state index contributed by atoms with van der Waals surface area (Å²) in [5.41, 5.74) is 3.72. The van der Waals surface area contributed by atoms with E-state index in [9.17, 15) is 10.1 Å². The Morgan fingerprint density at radius 3 is 2.93 bits per heavy atom. The van der Waals surface area contributed by atoms with E-state index in [0.717, 1.165) is 37.3 Å². The van der Waals surface area contributed by atoms with E-state index < -0.39 is 4.92 Å². The Bertz CT molecular complexity index is 1380. The number of hydrogen-bond donors (Lipinski definition) is 0. The van der Waals surface area contributed by atoms with Gasteiger partial charge in [-0.05, 0) is 25.5 Å². The fourth-order valence-corrected chi connectivity index (χ4v) is 4.53. The average Bonchev–Trinajstić information content (AvgIpc) is 3.35. The normalized spacial score (nSPS) is 11.8. The van der Waals surface area contributed by atoms with Crippen LogP contribution in [-0.4, -0.2) is 39.3 Å². The zero-order valence-electron chi connectivity index (χ0n) is 15.0. The van der Waals surface area contributed by atoms with Crippen molar-refractivity contribution in [3.05, 3.63) is 52.0 Å². The summed E-state index contributed by atoms with van der Waals surface area (Å²) < 4.78 is 4.14. The molecule has 5 aromatic heterocycles. The van der Waals surface area contributed by atoms with Crippen LogP contribution in [0.25, 0.3) is 26.1 Å². The number of aryl methyl sites for hydroxylation is 4. The first-order chi connectivity index (χ1) is 13.5. The van der Waals surface area contributed by atoms with Gasteiger partial charge in [-0.15, -0.1) is 16.4 Å². The zero-order chi connectivity index (χ0) is 19.4. The van der Waals surface area contributed by atoms with E-state index in [1.807, 2.05) is 6.92 Å². The third-order valence-electron chi connectivity index (χ3n) is 4.53. The molecule has 5 heterocycles. The van der Waals surface area contributed by atoms with Crippen molar-refractivity contribution in [1.82, 2.24) is 34.3 Å². The van der Waals surface area contributed by atoms with E-state index in [4.69, 9.17) is 0 Å². The summed E-state index contributed by atoms with van der Waals surface area (Å²) >= 11 is 1.56. The number of rotatable bonds is 4. The molecule has 140 valence electrons. The van der Waals surface area contributed by atoms with Crippen molar-refractivity contribution < 1.29 is 4.92 Å². The third kappa shape index (κ3) is 2.59. The minimum absolute atomic E-state index is 0.0303. The average molecular weight is 394 g/mol. The van der Waals surface area contributed by atoms with Gasteiger partial charge in [-0.1, -0.05) is 0 Å². The number of fused-ring (bicyclic) bond motifs is 5. The third-order valence-corrected chi connectivity index (χ3v) is 5.60. The van der Waals surface area contributed by atoms with E-state index >= 15 is 0 Å². The van der Waals surface area contributed by atoms with Gasteiger partial charge in [0.15, 0.2) is 11.5 Å². The van der Waals surface area contributed by atoms with Gasteiger partial charge in [0, 0.05) is 24.0 Å². The molecular formula is C17H14N8O2S. The molecule has 10 nitrogen and oxygen atoms in total. The topological polar surface area (TPSA) is 117 Å². The molecule has 0 N–H and O–H groups in total. The first-order valence-electron chi connectivity index (χ1n) is 8.57. The standard InChI is InChI=1S/C17H14N8O2S/c1-9-5-10(2)20-17-13(9)14-15(28-17)16-21-12(22-24(16)8-18-14)3-4-23-7-11(6-19-23)25(26)27/h5-8H,3-4H2,1-2H3. The number of pyridine rings is 1. The van der Waals surface area contributed by atoms with Crippen molar-refractivity contribution in [3.8, 4) is 0 Å². The van der Waals surface area contributed by atoms with Crippen molar-refractivity contribution in [1.29, 1.82) is 0 Å². The summed E-state index contributed by atoms with van der Waals surface area (Å²) in [6, 6.07) is 2.05. The fourth-order valence-electron chi connectivity index (χ4n) is 3.30. The summed E-state index contributed by atoms with van der Waals surface area (Å²) in [6.07, 6.45) is 4.80. The minimum Gasteiger partial charge on any atom is -0.265 e. The molecule has 0 radical (unpaired) electrons. The summed E-state index contributed by atoms with van der Waals surface area (Å²) in [5, 5.41) is 20.3. The van der Waals surface area contributed by atoms with E-state index in [0.29, 0.717) is 18.8 Å². The minimum atomic E-state index is -0.464. The smallest absolute Gasteiger partial charge is 0.265 e. The summed E-state index contributed by atoms with van der Waals surface area (Å²) in [5.74, 6) is 0.630. The van der Waals surface area contributed by atoms with Gasteiger partial charge >= 0.3 is 5.69 Å². The number of hydrogen-bond acceptors (Lipinski definition) is 8. The summed E-state index contributed by atoms with van der Waals surface area (Å²) in [6.45, 7) is 4.50. The van der Waals surface area contributed by atoms with Gasteiger partial charge in [0.05, 0.1) is 10.4 Å². The van der Waals surface area contributed by atoms with Crippen molar-refractivity contribution in [2.24, 2.45) is 0 Å². The highest BCUT2D eigenvalue weighted by molar-refractivity contribution is 7.26. The Kier molecular flexibility index (Phi) is 3.59. The molecule has 0 amide bonds. The molecule has 5 aromatic rings. The quantitative estimate of drug-likeness (QED) is 0.340. The Morgan fingerprint density at radius 2 is 2.14 bits per heavy atom. The maximum atomic E-state index is 10.8. The van der Waals surface area contributed by atoms with Crippen LogP contribution in [0.1, 0.15) is 17.1 Å². The number of nitro groups is 1. The fraction of sp³-hybridized carbons (Fsp3) is 0.235. The molecule has 0 fully saturated rings. The van der Waals surface area contributed by atoms with Crippen LogP contribution >= 0.6 is 11.3 Å². The van der Waals surface area contributed by atoms with Gasteiger partial charge < -0.3 is 0 Å². The lowest BCUT2D eigenvalue weighted by atomic mass is 10.1. The van der Waals surface area contributed by atoms with Crippen molar-refractivity contribution in [2.45, 2.75) is 26.8 Å². The second-order valence-corrected chi connectivity index (χ2v) is 7.55. The summed E-state index contributed by atoms with van der Waals surface area (Å²) in [4.78, 5) is 25.1. The highest BCUT2D eigenvalue weighted by Crippen LogP contribution is 2.35. The molecule has 0 saturated heterocycles. The van der Waals surface area contributed by atoms with Gasteiger partial charge in [-0.2, -0.15) is 5.10 Å². The van der Waals surface area contributed by atoms with Gasteiger partial charge in [-0.3, -0.25) is 14.8 Å². The highest BCUT2D eigenvalue weighted by Gasteiger charge is 2.16. The SMILES string of the molecule is Cc1cc(C)c2c(n1)sc1c2ncn2nc(CCn3cc([N+](=O)[O-])cn3)nc12. The van der Waals surface area contributed by atoms with E-state index in [-0.39, 0.29) is 5.69 Å². The lowest BCUT2D eigenvalue weighted by Gasteiger charge is -1.98. The zero-order valence-corrected chi connectivity index (χ0v) is 15.8. The molecule has 0 atom stereocenters. The van der Waals surface area contributed by atoms with Gasteiger partial charge in [0.2, 0.25) is 0 Å². The Labute approximate surface area is 161 Å². The second-order valence-electron chi connectivity index (χ2n) is 6.55. The van der Waals surface area contributed by atoms with Gasteiger partial charge in [-0.25, -0.2) is 19.5 Å². The number of aromatic nitrogens is 7. The molecule has 0 spiro atoms. The van der Waals surface area contributed by atoms with Crippen LogP contribution in [-0.2, 0) is 13.0 Å². The van der Waals surface area contributed by atoms with E-state index in [1.54, 1.807) is 22.2 Å². The Balaban J connectivity index is 1.54.